The maximum absolute atomic E-state index is 6.17. The molecule has 1 aliphatic rings. The van der Waals surface area contributed by atoms with Crippen molar-refractivity contribution in [1.29, 1.82) is 0 Å². The van der Waals surface area contributed by atoms with E-state index in [0.29, 0.717) is 11.3 Å². The van der Waals surface area contributed by atoms with Gasteiger partial charge in [0.1, 0.15) is 0 Å². The zero-order valence-corrected chi connectivity index (χ0v) is 11.1. The highest BCUT2D eigenvalue weighted by Gasteiger charge is 2.26. The summed E-state index contributed by atoms with van der Waals surface area (Å²) in [6.07, 6.45) is 0. The Morgan fingerprint density at radius 1 is 1.38 bits per heavy atom. The van der Waals surface area contributed by atoms with Crippen LogP contribution in [0.25, 0.3) is 0 Å². The number of rotatable bonds is 1. The quantitative estimate of drug-likeness (QED) is 0.760. The van der Waals surface area contributed by atoms with Crippen molar-refractivity contribution in [1.82, 2.24) is 0 Å². The Hall–Kier alpha value is -0.830. The van der Waals surface area contributed by atoms with E-state index in [2.05, 4.69) is 55.6 Å². The minimum atomic E-state index is 0.558. The lowest BCUT2D eigenvalue weighted by Crippen LogP contribution is -2.45. The first-order valence-corrected chi connectivity index (χ1v) is 6.89. The molecule has 2 atom stereocenters. The summed E-state index contributed by atoms with van der Waals surface area (Å²) in [7, 11) is 0. The molecule has 0 radical (unpaired) electrons. The molecule has 0 saturated carbocycles. The number of nitrogens with two attached hydrogens (primary N) is 1. The normalized spacial score (nSPS) is 25.8. The van der Waals surface area contributed by atoms with Crippen LogP contribution in [0.4, 0.5) is 11.4 Å². The fourth-order valence-electron chi connectivity index (χ4n) is 2.19. The first-order valence-electron chi connectivity index (χ1n) is 5.84. The van der Waals surface area contributed by atoms with E-state index in [0.717, 1.165) is 12.2 Å². The number of benzene rings is 1. The van der Waals surface area contributed by atoms with E-state index >= 15 is 0 Å². The van der Waals surface area contributed by atoms with Crippen LogP contribution in [0.1, 0.15) is 19.4 Å². The van der Waals surface area contributed by atoms with E-state index < -0.39 is 0 Å². The van der Waals surface area contributed by atoms with Crippen molar-refractivity contribution >= 4 is 23.1 Å². The van der Waals surface area contributed by atoms with E-state index in [9.17, 15) is 0 Å². The number of hydrogen-bond donors (Lipinski definition) is 1. The van der Waals surface area contributed by atoms with Gasteiger partial charge in [-0.2, -0.15) is 11.8 Å². The first kappa shape index (κ1) is 11.6. The molecule has 0 amide bonds. The Labute approximate surface area is 102 Å². The summed E-state index contributed by atoms with van der Waals surface area (Å²) in [5.41, 5.74) is 9.50. The number of nitrogens with zero attached hydrogens (tertiary/aromatic N) is 1. The Kier molecular flexibility index (Phi) is 3.33. The van der Waals surface area contributed by atoms with Gasteiger partial charge in [-0.3, -0.25) is 0 Å². The van der Waals surface area contributed by atoms with Gasteiger partial charge in [0.15, 0.2) is 0 Å². The van der Waals surface area contributed by atoms with E-state index in [1.165, 1.54) is 17.0 Å². The molecule has 3 heteroatoms. The van der Waals surface area contributed by atoms with Crippen LogP contribution in [0.15, 0.2) is 18.2 Å². The van der Waals surface area contributed by atoms with Crippen LogP contribution < -0.4 is 10.6 Å². The van der Waals surface area contributed by atoms with E-state index in [1.807, 2.05) is 0 Å². The summed E-state index contributed by atoms with van der Waals surface area (Å²) in [5.74, 6) is 1.19. The van der Waals surface area contributed by atoms with Crippen molar-refractivity contribution < 1.29 is 0 Å². The van der Waals surface area contributed by atoms with Crippen LogP contribution in [0.5, 0.6) is 0 Å². The standard InChI is InChI=1S/C13H20N2S/c1-9-5-4-6-12(13(9)14)15-7-8-16-11(3)10(15)2/h4-6,10-11H,7-8,14H2,1-3H3. The molecule has 88 valence electrons. The topological polar surface area (TPSA) is 29.3 Å². The summed E-state index contributed by atoms with van der Waals surface area (Å²) in [5, 5.41) is 0.675. The van der Waals surface area contributed by atoms with Crippen molar-refractivity contribution in [3.8, 4) is 0 Å². The van der Waals surface area contributed by atoms with Gasteiger partial charge in [0.2, 0.25) is 0 Å². The van der Waals surface area contributed by atoms with Gasteiger partial charge in [0.25, 0.3) is 0 Å². The molecule has 0 bridgehead atoms. The Morgan fingerprint density at radius 2 is 2.12 bits per heavy atom. The lowest BCUT2D eigenvalue weighted by molar-refractivity contribution is 0.628. The lowest BCUT2D eigenvalue weighted by atomic mass is 10.1. The van der Waals surface area contributed by atoms with Gasteiger partial charge < -0.3 is 10.6 Å². The number of hydrogen-bond acceptors (Lipinski definition) is 3. The third-order valence-corrected chi connectivity index (χ3v) is 4.83. The number of aryl methyl sites for hydroxylation is 1. The van der Waals surface area contributed by atoms with Crippen LogP contribution in [0.3, 0.4) is 0 Å². The summed E-state index contributed by atoms with van der Waals surface area (Å²) >= 11 is 2.05. The number of anilines is 2. The predicted molar refractivity (Wildman–Crippen MR) is 74.3 cm³/mol. The van der Waals surface area contributed by atoms with Crippen LogP contribution in [-0.4, -0.2) is 23.6 Å². The highest BCUT2D eigenvalue weighted by atomic mass is 32.2. The van der Waals surface area contributed by atoms with Crippen LogP contribution in [-0.2, 0) is 0 Å². The van der Waals surface area contributed by atoms with Crippen LogP contribution >= 0.6 is 11.8 Å². The molecule has 2 N–H and O–H groups in total. The number of para-hydroxylation sites is 1. The van der Waals surface area contributed by atoms with E-state index in [1.54, 1.807) is 0 Å². The van der Waals surface area contributed by atoms with Gasteiger partial charge in [-0.05, 0) is 25.5 Å². The molecule has 0 aliphatic carbocycles. The zero-order valence-electron chi connectivity index (χ0n) is 10.2. The van der Waals surface area contributed by atoms with Crippen molar-refractivity contribution in [3.63, 3.8) is 0 Å². The second kappa shape index (κ2) is 4.58. The molecule has 0 spiro atoms. The first-order chi connectivity index (χ1) is 7.61. The molecule has 1 heterocycles. The molecular formula is C13H20N2S. The third-order valence-electron chi connectivity index (χ3n) is 3.49. The molecule has 2 rings (SSSR count). The average Bonchev–Trinajstić information content (AvgIpc) is 2.27. The second-order valence-electron chi connectivity index (χ2n) is 4.52. The number of nitrogen functional groups attached to an aromatic ring is 1. The van der Waals surface area contributed by atoms with Crippen molar-refractivity contribution in [3.05, 3.63) is 23.8 Å². The molecule has 1 aromatic rings. The lowest BCUT2D eigenvalue weighted by Gasteiger charge is -2.40. The smallest absolute Gasteiger partial charge is 0.0605 e. The minimum absolute atomic E-state index is 0.558. The molecule has 0 aromatic heterocycles. The summed E-state index contributed by atoms with van der Waals surface area (Å²) in [6, 6.07) is 6.87. The average molecular weight is 236 g/mol. The van der Waals surface area contributed by atoms with E-state index in [4.69, 9.17) is 5.73 Å². The summed E-state index contributed by atoms with van der Waals surface area (Å²) in [4.78, 5) is 2.45. The molecule has 1 aromatic carbocycles. The molecular weight excluding hydrogens is 216 g/mol. The van der Waals surface area contributed by atoms with Crippen LogP contribution in [0.2, 0.25) is 0 Å². The molecule has 1 saturated heterocycles. The Bertz CT molecular complexity index is 378. The van der Waals surface area contributed by atoms with Gasteiger partial charge in [0, 0.05) is 23.6 Å². The zero-order chi connectivity index (χ0) is 11.7. The van der Waals surface area contributed by atoms with Gasteiger partial charge >= 0.3 is 0 Å². The molecule has 16 heavy (non-hydrogen) atoms. The van der Waals surface area contributed by atoms with Gasteiger partial charge in [-0.25, -0.2) is 0 Å². The third kappa shape index (κ3) is 2.01. The highest BCUT2D eigenvalue weighted by Crippen LogP contribution is 2.33. The maximum Gasteiger partial charge on any atom is 0.0605 e. The van der Waals surface area contributed by atoms with Gasteiger partial charge in [0.05, 0.1) is 11.4 Å². The number of thioether (sulfide) groups is 1. The van der Waals surface area contributed by atoms with Gasteiger partial charge in [-0.15, -0.1) is 0 Å². The Balaban J connectivity index is 2.32. The van der Waals surface area contributed by atoms with Crippen LogP contribution in [0, 0.1) is 6.92 Å². The molecule has 1 fully saturated rings. The molecule has 1 aliphatic heterocycles. The fraction of sp³-hybridized carbons (Fsp3) is 0.538. The minimum Gasteiger partial charge on any atom is -0.397 e. The maximum atomic E-state index is 6.17. The Morgan fingerprint density at radius 3 is 2.88 bits per heavy atom. The summed E-state index contributed by atoms with van der Waals surface area (Å²) < 4.78 is 0. The highest BCUT2D eigenvalue weighted by molar-refractivity contribution is 8.00. The molecule has 2 nitrogen and oxygen atoms in total. The van der Waals surface area contributed by atoms with Crippen molar-refractivity contribution in [2.24, 2.45) is 0 Å². The van der Waals surface area contributed by atoms with E-state index in [-0.39, 0.29) is 0 Å². The summed E-state index contributed by atoms with van der Waals surface area (Å²) in [6.45, 7) is 7.77. The molecule has 2 unspecified atom stereocenters. The van der Waals surface area contributed by atoms with Crippen molar-refractivity contribution in [2.75, 3.05) is 22.9 Å². The SMILES string of the molecule is Cc1cccc(N2CCSC(C)C2C)c1N. The predicted octanol–water partition coefficient (Wildman–Crippen LogP) is 2.91. The fourth-order valence-corrected chi connectivity index (χ4v) is 3.29. The monoisotopic (exact) mass is 236 g/mol. The van der Waals surface area contributed by atoms with Gasteiger partial charge in [-0.1, -0.05) is 19.1 Å². The van der Waals surface area contributed by atoms with Crippen molar-refractivity contribution in [2.45, 2.75) is 32.1 Å². The second-order valence-corrected chi connectivity index (χ2v) is 6.00. The largest absolute Gasteiger partial charge is 0.397 e.